The molecule has 0 aliphatic rings. The van der Waals surface area contributed by atoms with Gasteiger partial charge in [-0.1, -0.05) is 5.16 Å². The van der Waals surface area contributed by atoms with Crippen LogP contribution in [0.15, 0.2) is 61.0 Å². The molecule has 0 spiro atoms. The van der Waals surface area contributed by atoms with Crippen molar-refractivity contribution in [3.8, 4) is 22.8 Å². The quantitative estimate of drug-likeness (QED) is 0.488. The molecule has 4 rings (SSSR count). The first-order valence-electron chi connectivity index (χ1n) is 7.89. The van der Waals surface area contributed by atoms with E-state index in [2.05, 4.69) is 14.9 Å². The highest BCUT2D eigenvalue weighted by molar-refractivity contribution is 7.08. The van der Waals surface area contributed by atoms with Crippen LogP contribution in [0.3, 0.4) is 0 Å². The predicted molar refractivity (Wildman–Crippen MR) is 96.5 cm³/mol. The average Bonchev–Trinajstić information content (AvgIpc) is 3.43. The Kier molecular flexibility index (Phi) is 4.43. The zero-order chi connectivity index (χ0) is 18.8. The van der Waals surface area contributed by atoms with Crippen molar-refractivity contribution in [2.75, 3.05) is 7.11 Å². The molecular weight excluding hydrogens is 370 g/mol. The van der Waals surface area contributed by atoms with Crippen molar-refractivity contribution in [1.29, 1.82) is 0 Å². The smallest absolute Gasteiger partial charge is 0.373 e. The number of thiophene rings is 1. The van der Waals surface area contributed by atoms with Crippen molar-refractivity contribution in [3.63, 3.8) is 0 Å². The second kappa shape index (κ2) is 7.04. The summed E-state index contributed by atoms with van der Waals surface area (Å²) in [5.41, 5.74) is 0.803. The molecule has 0 saturated carbocycles. The standard InChI is InChI=1S/C18H13N3O5S/c1-24-18(23)14-5-4-12(25-14)9-21-7-2-3-13(17(21)22)16-19-15(20-26-16)11-6-8-27-10-11/h2-8,10H,9H2,1H3. The lowest BCUT2D eigenvalue weighted by atomic mass is 10.2. The van der Waals surface area contributed by atoms with Gasteiger partial charge >= 0.3 is 5.97 Å². The van der Waals surface area contributed by atoms with E-state index < -0.39 is 5.97 Å². The second-order valence-corrected chi connectivity index (χ2v) is 6.33. The van der Waals surface area contributed by atoms with Gasteiger partial charge in [0.2, 0.25) is 11.6 Å². The average molecular weight is 383 g/mol. The lowest BCUT2D eigenvalue weighted by molar-refractivity contribution is 0.0563. The maximum absolute atomic E-state index is 12.8. The van der Waals surface area contributed by atoms with Crippen molar-refractivity contribution in [2.24, 2.45) is 0 Å². The molecule has 27 heavy (non-hydrogen) atoms. The Balaban J connectivity index is 1.63. The fourth-order valence-corrected chi connectivity index (χ4v) is 3.14. The van der Waals surface area contributed by atoms with Gasteiger partial charge in [0.05, 0.1) is 13.7 Å². The van der Waals surface area contributed by atoms with Crippen LogP contribution in [0.1, 0.15) is 16.3 Å². The summed E-state index contributed by atoms with van der Waals surface area (Å²) in [4.78, 5) is 28.5. The summed E-state index contributed by atoms with van der Waals surface area (Å²) in [5, 5.41) is 7.73. The molecule has 0 N–H and O–H groups in total. The van der Waals surface area contributed by atoms with Gasteiger partial charge in [0.25, 0.3) is 11.4 Å². The molecule has 136 valence electrons. The number of furan rings is 1. The molecule has 0 aliphatic heterocycles. The van der Waals surface area contributed by atoms with Crippen molar-refractivity contribution in [2.45, 2.75) is 6.54 Å². The Morgan fingerprint density at radius 2 is 2.19 bits per heavy atom. The normalized spacial score (nSPS) is 10.9. The van der Waals surface area contributed by atoms with Gasteiger partial charge in [0.15, 0.2) is 0 Å². The fourth-order valence-electron chi connectivity index (χ4n) is 2.51. The van der Waals surface area contributed by atoms with Crippen LogP contribution < -0.4 is 5.56 Å². The Labute approximate surface area is 156 Å². The van der Waals surface area contributed by atoms with E-state index in [-0.39, 0.29) is 29.3 Å². The summed E-state index contributed by atoms with van der Waals surface area (Å²) in [6, 6.07) is 8.31. The first-order valence-corrected chi connectivity index (χ1v) is 8.83. The predicted octanol–water partition coefficient (Wildman–Crippen LogP) is 3.05. The lowest BCUT2D eigenvalue weighted by Gasteiger charge is -2.04. The van der Waals surface area contributed by atoms with Gasteiger partial charge in [-0.05, 0) is 35.7 Å². The van der Waals surface area contributed by atoms with Crippen LogP contribution in [0, 0.1) is 0 Å². The number of aromatic nitrogens is 3. The van der Waals surface area contributed by atoms with E-state index in [0.29, 0.717) is 11.6 Å². The summed E-state index contributed by atoms with van der Waals surface area (Å²) >= 11 is 1.52. The Bertz CT molecular complexity index is 1140. The molecule has 4 aromatic heterocycles. The van der Waals surface area contributed by atoms with Crippen LogP contribution in [-0.4, -0.2) is 27.8 Å². The van der Waals surface area contributed by atoms with E-state index in [1.807, 2.05) is 16.8 Å². The molecule has 4 aromatic rings. The van der Waals surface area contributed by atoms with Gasteiger partial charge in [0, 0.05) is 17.1 Å². The van der Waals surface area contributed by atoms with Gasteiger partial charge in [-0.3, -0.25) is 4.79 Å². The zero-order valence-corrected chi connectivity index (χ0v) is 14.9. The zero-order valence-electron chi connectivity index (χ0n) is 14.1. The Hall–Kier alpha value is -3.46. The van der Waals surface area contributed by atoms with Crippen molar-refractivity contribution >= 4 is 17.3 Å². The number of esters is 1. The third kappa shape index (κ3) is 3.32. The molecule has 0 aliphatic carbocycles. The number of rotatable bonds is 5. The molecule has 0 atom stereocenters. The van der Waals surface area contributed by atoms with Crippen LogP contribution in [0.4, 0.5) is 0 Å². The summed E-state index contributed by atoms with van der Waals surface area (Å²) < 4.78 is 16.7. The van der Waals surface area contributed by atoms with Crippen molar-refractivity contribution in [1.82, 2.24) is 14.7 Å². The van der Waals surface area contributed by atoms with Gasteiger partial charge in [0.1, 0.15) is 11.3 Å². The van der Waals surface area contributed by atoms with E-state index in [0.717, 1.165) is 5.56 Å². The third-order valence-electron chi connectivity index (χ3n) is 3.83. The number of methoxy groups -OCH3 is 1. The van der Waals surface area contributed by atoms with Crippen LogP contribution in [0.5, 0.6) is 0 Å². The topological polar surface area (TPSA) is 100 Å². The van der Waals surface area contributed by atoms with E-state index in [9.17, 15) is 9.59 Å². The highest BCUT2D eigenvalue weighted by Gasteiger charge is 2.16. The number of ether oxygens (including phenoxy) is 1. The molecular formula is C18H13N3O5S. The summed E-state index contributed by atoms with van der Waals surface area (Å²) in [6.07, 6.45) is 1.61. The van der Waals surface area contributed by atoms with Gasteiger partial charge in [-0.15, -0.1) is 0 Å². The molecule has 0 bridgehead atoms. The highest BCUT2D eigenvalue weighted by Crippen LogP contribution is 2.22. The first-order chi connectivity index (χ1) is 13.2. The van der Waals surface area contributed by atoms with Crippen LogP contribution >= 0.6 is 11.3 Å². The Morgan fingerprint density at radius 3 is 2.96 bits per heavy atom. The van der Waals surface area contributed by atoms with Gasteiger partial charge in [-0.2, -0.15) is 16.3 Å². The van der Waals surface area contributed by atoms with Gasteiger partial charge in [-0.25, -0.2) is 4.79 Å². The number of carbonyl (C=O) groups is 1. The largest absolute Gasteiger partial charge is 0.463 e. The van der Waals surface area contributed by atoms with E-state index in [1.54, 1.807) is 24.4 Å². The van der Waals surface area contributed by atoms with Crippen molar-refractivity contribution in [3.05, 3.63) is 69.2 Å². The van der Waals surface area contributed by atoms with Crippen molar-refractivity contribution < 1.29 is 18.5 Å². The molecule has 8 nitrogen and oxygen atoms in total. The number of nitrogens with zero attached hydrogens (tertiary/aromatic N) is 3. The monoisotopic (exact) mass is 383 g/mol. The van der Waals surface area contributed by atoms with E-state index in [1.165, 1.54) is 29.1 Å². The van der Waals surface area contributed by atoms with Crippen LogP contribution in [0.25, 0.3) is 22.8 Å². The summed E-state index contributed by atoms with van der Waals surface area (Å²) in [7, 11) is 1.27. The Morgan fingerprint density at radius 1 is 1.30 bits per heavy atom. The number of pyridine rings is 1. The molecule has 0 aromatic carbocycles. The summed E-state index contributed by atoms with van der Waals surface area (Å²) in [6.45, 7) is 0.148. The maximum atomic E-state index is 12.8. The molecule has 0 saturated heterocycles. The minimum atomic E-state index is -0.575. The number of hydrogen-bond donors (Lipinski definition) is 0. The fraction of sp³-hybridized carbons (Fsp3) is 0.111. The second-order valence-electron chi connectivity index (χ2n) is 5.55. The number of hydrogen-bond acceptors (Lipinski definition) is 8. The van der Waals surface area contributed by atoms with Crippen LogP contribution in [-0.2, 0) is 11.3 Å². The molecule has 4 heterocycles. The third-order valence-corrected chi connectivity index (χ3v) is 4.51. The SMILES string of the molecule is COC(=O)c1ccc(Cn2cccc(-c3nc(-c4ccsc4)no3)c2=O)o1. The van der Waals surface area contributed by atoms with E-state index in [4.69, 9.17) is 8.94 Å². The molecule has 0 unspecified atom stereocenters. The molecule has 0 amide bonds. The van der Waals surface area contributed by atoms with Gasteiger partial charge < -0.3 is 18.2 Å². The maximum Gasteiger partial charge on any atom is 0.373 e. The van der Waals surface area contributed by atoms with E-state index >= 15 is 0 Å². The van der Waals surface area contributed by atoms with Crippen LogP contribution in [0.2, 0.25) is 0 Å². The minimum Gasteiger partial charge on any atom is -0.463 e. The first kappa shape index (κ1) is 17.0. The number of carbonyl (C=O) groups excluding carboxylic acids is 1. The summed E-state index contributed by atoms with van der Waals surface area (Å²) in [5.74, 6) is 0.516. The molecule has 0 radical (unpaired) electrons. The minimum absolute atomic E-state index is 0.0778. The highest BCUT2D eigenvalue weighted by atomic mass is 32.1. The lowest BCUT2D eigenvalue weighted by Crippen LogP contribution is -2.21. The molecule has 0 fully saturated rings. The molecule has 9 heteroatoms.